The average molecular weight is 520 g/mol. The predicted octanol–water partition coefficient (Wildman–Crippen LogP) is 5.81. The van der Waals surface area contributed by atoms with Crippen LogP contribution in [0.2, 0.25) is 5.02 Å². The van der Waals surface area contributed by atoms with Crippen LogP contribution < -0.4 is 5.56 Å². The molecule has 0 spiro atoms. The van der Waals surface area contributed by atoms with Crippen LogP contribution in [0.15, 0.2) is 59.5 Å². The van der Waals surface area contributed by atoms with Gasteiger partial charge in [0.15, 0.2) is 5.78 Å². The number of benzene rings is 2. The summed E-state index contributed by atoms with van der Waals surface area (Å²) in [4.78, 5) is 44.1. The van der Waals surface area contributed by atoms with Gasteiger partial charge in [-0.25, -0.2) is 4.98 Å². The number of esters is 1. The summed E-state index contributed by atoms with van der Waals surface area (Å²) in [5.74, 6) is 0.0587. The number of nitrogens with zero attached hydrogens (tertiary/aromatic N) is 3. The Kier molecular flexibility index (Phi) is 7.37. The van der Waals surface area contributed by atoms with Crippen LogP contribution in [0.4, 0.5) is 0 Å². The van der Waals surface area contributed by atoms with Gasteiger partial charge in [0.2, 0.25) is 0 Å². The lowest BCUT2D eigenvalue weighted by atomic mass is 9.94. The molecule has 2 aromatic carbocycles. The highest BCUT2D eigenvalue weighted by atomic mass is 35.5. The fourth-order valence-electron chi connectivity index (χ4n) is 4.41. The Labute approximate surface area is 220 Å². The van der Waals surface area contributed by atoms with E-state index in [0.29, 0.717) is 38.6 Å². The zero-order valence-electron chi connectivity index (χ0n) is 21.7. The number of hydrogen-bond donors (Lipinski definition) is 0. The van der Waals surface area contributed by atoms with E-state index in [9.17, 15) is 14.4 Å². The minimum absolute atomic E-state index is 0.00274. The summed E-state index contributed by atoms with van der Waals surface area (Å²) < 4.78 is 8.61. The van der Waals surface area contributed by atoms with Crippen molar-refractivity contribution in [1.82, 2.24) is 14.1 Å². The van der Waals surface area contributed by atoms with Crippen molar-refractivity contribution >= 4 is 34.1 Å². The SMILES string of the molecule is CCC(=O)c1c(-c2ccccc2)c2cc(Cl)ccc2c(=O)n1Cc1cn(CC(=O)OC(C)(C)C)c(C)n1. The van der Waals surface area contributed by atoms with Crippen LogP contribution in [0, 0.1) is 6.92 Å². The first-order valence-electron chi connectivity index (χ1n) is 12.2. The van der Waals surface area contributed by atoms with E-state index in [2.05, 4.69) is 4.98 Å². The van der Waals surface area contributed by atoms with Crippen molar-refractivity contribution in [1.29, 1.82) is 0 Å². The molecule has 0 aliphatic heterocycles. The third kappa shape index (κ3) is 5.67. The Bertz CT molecular complexity index is 1550. The van der Waals surface area contributed by atoms with Crippen molar-refractivity contribution in [3.8, 4) is 11.1 Å². The zero-order valence-corrected chi connectivity index (χ0v) is 22.4. The number of hydrogen-bond acceptors (Lipinski definition) is 5. The van der Waals surface area contributed by atoms with E-state index in [1.54, 1.807) is 42.8 Å². The van der Waals surface area contributed by atoms with Gasteiger partial charge < -0.3 is 9.30 Å². The van der Waals surface area contributed by atoms with E-state index >= 15 is 0 Å². The molecule has 2 aromatic heterocycles. The first kappa shape index (κ1) is 26.4. The maximum absolute atomic E-state index is 13.8. The second-order valence-corrected chi connectivity index (χ2v) is 10.4. The Morgan fingerprint density at radius 3 is 2.41 bits per heavy atom. The van der Waals surface area contributed by atoms with Gasteiger partial charge in [-0.3, -0.25) is 19.0 Å². The summed E-state index contributed by atoms with van der Waals surface area (Å²) in [5.41, 5.74) is 1.44. The molecule has 192 valence electrons. The topological polar surface area (TPSA) is 83.2 Å². The van der Waals surface area contributed by atoms with Crippen molar-refractivity contribution in [3.05, 3.63) is 87.3 Å². The molecule has 4 rings (SSSR count). The number of imidazole rings is 1. The molecular weight excluding hydrogens is 490 g/mol. The first-order chi connectivity index (χ1) is 17.5. The van der Waals surface area contributed by atoms with E-state index < -0.39 is 5.60 Å². The summed E-state index contributed by atoms with van der Waals surface area (Å²) in [6.07, 6.45) is 1.94. The second-order valence-electron chi connectivity index (χ2n) is 9.94. The Balaban J connectivity index is 1.88. The van der Waals surface area contributed by atoms with Crippen LogP contribution in [0.3, 0.4) is 0 Å². The van der Waals surface area contributed by atoms with Crippen LogP contribution >= 0.6 is 11.6 Å². The molecule has 8 heteroatoms. The highest BCUT2D eigenvalue weighted by Gasteiger charge is 2.24. The number of carbonyl (C=O) groups excluding carboxylic acids is 2. The lowest BCUT2D eigenvalue weighted by Gasteiger charge is -2.19. The Morgan fingerprint density at radius 1 is 1.05 bits per heavy atom. The summed E-state index contributed by atoms with van der Waals surface area (Å²) >= 11 is 6.32. The number of ketones is 1. The molecule has 0 amide bonds. The number of fused-ring (bicyclic) bond motifs is 1. The van der Waals surface area contributed by atoms with Gasteiger partial charge in [-0.15, -0.1) is 0 Å². The highest BCUT2D eigenvalue weighted by Crippen LogP contribution is 2.33. The largest absolute Gasteiger partial charge is 0.459 e. The first-order valence-corrected chi connectivity index (χ1v) is 12.6. The molecule has 0 bridgehead atoms. The number of aromatic nitrogens is 3. The minimum atomic E-state index is -0.598. The number of halogens is 1. The van der Waals surface area contributed by atoms with Crippen LogP contribution in [-0.4, -0.2) is 31.5 Å². The van der Waals surface area contributed by atoms with Crippen LogP contribution in [0.5, 0.6) is 0 Å². The number of pyridine rings is 1. The molecule has 0 N–H and O–H groups in total. The van der Waals surface area contributed by atoms with Gasteiger partial charge in [0, 0.05) is 28.6 Å². The van der Waals surface area contributed by atoms with Gasteiger partial charge in [0.05, 0.1) is 17.9 Å². The third-order valence-corrected chi connectivity index (χ3v) is 6.18. The molecule has 4 aromatic rings. The number of rotatable bonds is 7. The Morgan fingerprint density at radius 2 is 1.76 bits per heavy atom. The van der Waals surface area contributed by atoms with Gasteiger partial charge in [-0.2, -0.15) is 0 Å². The van der Waals surface area contributed by atoms with Crippen molar-refractivity contribution < 1.29 is 14.3 Å². The second kappa shape index (κ2) is 10.3. The molecule has 2 heterocycles. The minimum Gasteiger partial charge on any atom is -0.459 e. The molecular formula is C29H30ClN3O4. The van der Waals surface area contributed by atoms with E-state index in [1.165, 1.54) is 4.57 Å². The lowest BCUT2D eigenvalue weighted by molar-refractivity contribution is -0.155. The molecule has 0 saturated carbocycles. The predicted molar refractivity (Wildman–Crippen MR) is 145 cm³/mol. The highest BCUT2D eigenvalue weighted by molar-refractivity contribution is 6.31. The van der Waals surface area contributed by atoms with Gasteiger partial charge >= 0.3 is 5.97 Å². The fraction of sp³-hybridized carbons (Fsp3) is 0.310. The number of carbonyl (C=O) groups is 2. The van der Waals surface area contributed by atoms with Gasteiger partial charge in [-0.05, 0) is 56.8 Å². The van der Waals surface area contributed by atoms with Crippen LogP contribution in [0.1, 0.15) is 56.1 Å². The maximum atomic E-state index is 13.8. The van der Waals surface area contributed by atoms with Crippen LogP contribution in [0.25, 0.3) is 21.9 Å². The monoisotopic (exact) mass is 519 g/mol. The molecule has 7 nitrogen and oxygen atoms in total. The van der Waals surface area contributed by atoms with E-state index in [-0.39, 0.29) is 36.8 Å². The molecule has 0 fully saturated rings. The number of aryl methyl sites for hydroxylation is 1. The molecule has 0 unspecified atom stereocenters. The van der Waals surface area contributed by atoms with Gasteiger partial charge in [-0.1, -0.05) is 48.9 Å². The summed E-state index contributed by atoms with van der Waals surface area (Å²) in [6, 6.07) is 14.6. The molecule has 0 atom stereocenters. The van der Waals surface area contributed by atoms with Crippen molar-refractivity contribution in [2.45, 2.75) is 59.7 Å². The van der Waals surface area contributed by atoms with E-state index in [0.717, 1.165) is 5.56 Å². The molecule has 0 saturated heterocycles. The molecule has 0 aliphatic carbocycles. The molecule has 37 heavy (non-hydrogen) atoms. The third-order valence-electron chi connectivity index (χ3n) is 5.95. The normalized spacial score (nSPS) is 11.6. The van der Waals surface area contributed by atoms with Crippen LogP contribution in [-0.2, 0) is 22.6 Å². The molecule has 0 radical (unpaired) electrons. The quantitative estimate of drug-likeness (QED) is 0.227. The Hall–Kier alpha value is -3.71. The fourth-order valence-corrected chi connectivity index (χ4v) is 4.58. The summed E-state index contributed by atoms with van der Waals surface area (Å²) in [6.45, 7) is 9.06. The average Bonchev–Trinajstić information content (AvgIpc) is 3.17. The number of ether oxygens (including phenoxy) is 1. The standard InChI is InChI=1S/C29H30ClN3O4/c1-6-24(34)27-26(19-10-8-7-9-11-19)23-14-20(30)12-13-22(23)28(36)33(27)16-21-15-32(18(2)31-21)17-25(35)37-29(3,4)5/h7-15H,6,16-17H2,1-5H3. The van der Waals surface area contributed by atoms with Gasteiger partial charge in [0.1, 0.15) is 18.0 Å². The maximum Gasteiger partial charge on any atom is 0.326 e. The van der Waals surface area contributed by atoms with Crippen molar-refractivity contribution in [3.63, 3.8) is 0 Å². The van der Waals surface area contributed by atoms with Gasteiger partial charge in [0.25, 0.3) is 5.56 Å². The van der Waals surface area contributed by atoms with Crippen molar-refractivity contribution in [2.75, 3.05) is 0 Å². The number of Topliss-reactive ketones (excluding diaryl/α,β-unsaturated/α-hetero) is 1. The smallest absolute Gasteiger partial charge is 0.326 e. The zero-order chi connectivity index (χ0) is 26.9. The summed E-state index contributed by atoms with van der Waals surface area (Å²) in [5, 5.41) is 1.57. The van der Waals surface area contributed by atoms with E-state index in [4.69, 9.17) is 16.3 Å². The van der Waals surface area contributed by atoms with E-state index in [1.807, 2.05) is 51.1 Å². The summed E-state index contributed by atoms with van der Waals surface area (Å²) in [7, 11) is 0. The molecule has 0 aliphatic rings. The van der Waals surface area contributed by atoms with Crippen molar-refractivity contribution in [2.24, 2.45) is 0 Å². The lowest BCUT2D eigenvalue weighted by Crippen LogP contribution is -2.28.